The molecule has 0 unspecified atom stereocenters. The van der Waals surface area contributed by atoms with E-state index in [2.05, 4.69) is 5.32 Å². The fourth-order valence-corrected chi connectivity index (χ4v) is 1.61. The topological polar surface area (TPSA) is 38.3 Å². The Morgan fingerprint density at radius 3 is 2.62 bits per heavy atom. The Balaban J connectivity index is 2.02. The zero-order chi connectivity index (χ0) is 9.84. The third kappa shape index (κ3) is 3.77. The molecule has 1 amide bonds. The number of amides is 1. The van der Waals surface area contributed by atoms with Gasteiger partial charge in [0.25, 0.3) is 0 Å². The van der Waals surface area contributed by atoms with Crippen LogP contribution in [0.5, 0.6) is 0 Å². The molecule has 0 aromatic carbocycles. The van der Waals surface area contributed by atoms with Crippen molar-refractivity contribution in [1.82, 2.24) is 5.32 Å². The SMILES string of the molecule is CC(=O)NC1CC(COC(C)C)C1. The summed E-state index contributed by atoms with van der Waals surface area (Å²) in [5.74, 6) is 0.729. The molecule has 0 heterocycles. The van der Waals surface area contributed by atoms with Crippen LogP contribution in [0.2, 0.25) is 0 Å². The summed E-state index contributed by atoms with van der Waals surface area (Å²) >= 11 is 0. The van der Waals surface area contributed by atoms with Crippen molar-refractivity contribution in [3.05, 3.63) is 0 Å². The van der Waals surface area contributed by atoms with Gasteiger partial charge in [-0.05, 0) is 32.6 Å². The average molecular weight is 185 g/mol. The van der Waals surface area contributed by atoms with Gasteiger partial charge >= 0.3 is 0 Å². The predicted molar refractivity (Wildman–Crippen MR) is 51.4 cm³/mol. The lowest BCUT2D eigenvalue weighted by atomic mass is 9.81. The molecule has 0 aromatic rings. The molecule has 0 saturated heterocycles. The molecule has 76 valence electrons. The molecular formula is C10H19NO2. The van der Waals surface area contributed by atoms with E-state index in [1.54, 1.807) is 6.92 Å². The Kier molecular flexibility index (Phi) is 3.72. The first-order valence-electron chi connectivity index (χ1n) is 4.96. The van der Waals surface area contributed by atoms with Crippen molar-refractivity contribution in [3.63, 3.8) is 0 Å². The van der Waals surface area contributed by atoms with Gasteiger partial charge in [-0.25, -0.2) is 0 Å². The van der Waals surface area contributed by atoms with Crippen molar-refractivity contribution in [1.29, 1.82) is 0 Å². The monoisotopic (exact) mass is 185 g/mol. The number of hydrogen-bond donors (Lipinski definition) is 1. The standard InChI is InChI=1S/C10H19NO2/c1-7(2)13-6-9-4-10(5-9)11-8(3)12/h7,9-10H,4-6H2,1-3H3,(H,11,12). The predicted octanol–water partition coefficient (Wildman–Crippen LogP) is 1.33. The first kappa shape index (κ1) is 10.5. The quantitative estimate of drug-likeness (QED) is 0.717. The van der Waals surface area contributed by atoms with Gasteiger partial charge in [-0.15, -0.1) is 0 Å². The van der Waals surface area contributed by atoms with Crippen LogP contribution in [0.4, 0.5) is 0 Å². The van der Waals surface area contributed by atoms with E-state index in [-0.39, 0.29) is 5.91 Å². The van der Waals surface area contributed by atoms with E-state index >= 15 is 0 Å². The molecule has 0 bridgehead atoms. The van der Waals surface area contributed by atoms with E-state index in [9.17, 15) is 4.79 Å². The van der Waals surface area contributed by atoms with Crippen molar-refractivity contribution in [3.8, 4) is 0 Å². The van der Waals surface area contributed by atoms with Gasteiger partial charge in [-0.3, -0.25) is 4.79 Å². The highest BCUT2D eigenvalue weighted by Crippen LogP contribution is 2.27. The van der Waals surface area contributed by atoms with Gasteiger partial charge in [0.05, 0.1) is 6.10 Å². The van der Waals surface area contributed by atoms with E-state index in [1.807, 2.05) is 13.8 Å². The second-order valence-electron chi connectivity index (χ2n) is 4.12. The molecule has 0 atom stereocenters. The van der Waals surface area contributed by atoms with E-state index in [1.165, 1.54) is 0 Å². The molecule has 13 heavy (non-hydrogen) atoms. The van der Waals surface area contributed by atoms with Crippen LogP contribution in [0.1, 0.15) is 33.6 Å². The molecule has 1 fully saturated rings. The number of carbonyl (C=O) groups excluding carboxylic acids is 1. The van der Waals surface area contributed by atoms with Crippen LogP contribution >= 0.6 is 0 Å². The van der Waals surface area contributed by atoms with Crippen LogP contribution in [0.15, 0.2) is 0 Å². The van der Waals surface area contributed by atoms with Crippen LogP contribution < -0.4 is 5.32 Å². The first-order valence-corrected chi connectivity index (χ1v) is 4.96. The van der Waals surface area contributed by atoms with Crippen LogP contribution in [-0.4, -0.2) is 24.7 Å². The molecule has 1 aliphatic rings. The van der Waals surface area contributed by atoms with Crippen LogP contribution in [0, 0.1) is 5.92 Å². The first-order chi connectivity index (χ1) is 6.08. The number of nitrogens with one attached hydrogen (secondary N) is 1. The normalized spacial score (nSPS) is 27.1. The minimum absolute atomic E-state index is 0.0771. The van der Waals surface area contributed by atoms with Gasteiger partial charge in [0.1, 0.15) is 0 Å². The van der Waals surface area contributed by atoms with Gasteiger partial charge in [-0.2, -0.15) is 0 Å². The van der Waals surface area contributed by atoms with E-state index in [4.69, 9.17) is 4.74 Å². The summed E-state index contributed by atoms with van der Waals surface area (Å²) < 4.78 is 5.49. The van der Waals surface area contributed by atoms with Gasteiger partial charge in [-0.1, -0.05) is 0 Å². The molecule has 3 nitrogen and oxygen atoms in total. The lowest BCUT2D eigenvalue weighted by Crippen LogP contribution is -2.44. The van der Waals surface area contributed by atoms with E-state index in [0.717, 1.165) is 19.4 Å². The minimum atomic E-state index is 0.0771. The van der Waals surface area contributed by atoms with E-state index in [0.29, 0.717) is 18.1 Å². The van der Waals surface area contributed by atoms with Crippen molar-refractivity contribution < 1.29 is 9.53 Å². The summed E-state index contributed by atoms with van der Waals surface area (Å²) in [7, 11) is 0. The zero-order valence-corrected chi connectivity index (χ0v) is 8.67. The van der Waals surface area contributed by atoms with Crippen molar-refractivity contribution in [2.24, 2.45) is 5.92 Å². The molecule has 0 aliphatic heterocycles. The number of rotatable bonds is 4. The summed E-state index contributed by atoms with van der Waals surface area (Å²) in [5.41, 5.74) is 0. The smallest absolute Gasteiger partial charge is 0.217 e. The van der Waals surface area contributed by atoms with Gasteiger partial charge in [0.2, 0.25) is 5.91 Å². The maximum absolute atomic E-state index is 10.7. The molecule has 1 rings (SSSR count). The van der Waals surface area contributed by atoms with E-state index < -0.39 is 0 Å². The Hall–Kier alpha value is -0.570. The van der Waals surface area contributed by atoms with Gasteiger partial charge < -0.3 is 10.1 Å². The number of ether oxygens (including phenoxy) is 1. The Morgan fingerprint density at radius 1 is 1.54 bits per heavy atom. The van der Waals surface area contributed by atoms with Crippen LogP contribution in [0.3, 0.4) is 0 Å². The van der Waals surface area contributed by atoms with Crippen molar-refractivity contribution >= 4 is 5.91 Å². The maximum Gasteiger partial charge on any atom is 0.217 e. The highest BCUT2D eigenvalue weighted by Gasteiger charge is 2.29. The molecule has 0 spiro atoms. The molecular weight excluding hydrogens is 166 g/mol. The second kappa shape index (κ2) is 4.61. The van der Waals surface area contributed by atoms with Crippen molar-refractivity contribution in [2.45, 2.75) is 45.8 Å². The van der Waals surface area contributed by atoms with Crippen LogP contribution in [-0.2, 0) is 9.53 Å². The Morgan fingerprint density at radius 2 is 2.15 bits per heavy atom. The zero-order valence-electron chi connectivity index (χ0n) is 8.67. The average Bonchev–Trinajstić information content (AvgIpc) is 1.92. The second-order valence-corrected chi connectivity index (χ2v) is 4.12. The van der Waals surface area contributed by atoms with Crippen LogP contribution in [0.25, 0.3) is 0 Å². The molecule has 1 N–H and O–H groups in total. The molecule has 0 radical (unpaired) electrons. The summed E-state index contributed by atoms with van der Waals surface area (Å²) in [6.07, 6.45) is 2.47. The third-order valence-electron chi connectivity index (χ3n) is 2.31. The Labute approximate surface area is 79.8 Å². The largest absolute Gasteiger partial charge is 0.379 e. The van der Waals surface area contributed by atoms with Gasteiger partial charge in [0, 0.05) is 19.6 Å². The third-order valence-corrected chi connectivity index (χ3v) is 2.31. The number of carbonyl (C=O) groups is 1. The lowest BCUT2D eigenvalue weighted by molar-refractivity contribution is -0.120. The maximum atomic E-state index is 10.7. The van der Waals surface area contributed by atoms with Crippen molar-refractivity contribution in [2.75, 3.05) is 6.61 Å². The minimum Gasteiger partial charge on any atom is -0.379 e. The molecule has 1 saturated carbocycles. The highest BCUT2D eigenvalue weighted by atomic mass is 16.5. The fraction of sp³-hybridized carbons (Fsp3) is 0.900. The Bertz CT molecular complexity index is 174. The molecule has 0 aromatic heterocycles. The number of hydrogen-bond acceptors (Lipinski definition) is 2. The lowest BCUT2D eigenvalue weighted by Gasteiger charge is -2.35. The fourth-order valence-electron chi connectivity index (χ4n) is 1.61. The molecule has 1 aliphatic carbocycles. The summed E-state index contributed by atoms with van der Waals surface area (Å²) in [5, 5.41) is 2.90. The summed E-state index contributed by atoms with van der Waals surface area (Å²) in [4.78, 5) is 10.7. The summed E-state index contributed by atoms with van der Waals surface area (Å²) in [6, 6.07) is 0.401. The summed E-state index contributed by atoms with van der Waals surface area (Å²) in [6.45, 7) is 6.50. The molecule has 3 heteroatoms. The highest BCUT2D eigenvalue weighted by molar-refractivity contribution is 5.73. The van der Waals surface area contributed by atoms with Gasteiger partial charge in [0.15, 0.2) is 0 Å².